The Morgan fingerprint density at radius 1 is 1.00 bits per heavy atom. The van der Waals surface area contributed by atoms with Gasteiger partial charge < -0.3 is 15.4 Å². The molecule has 1 atom stereocenters. The molecule has 0 aliphatic carbocycles. The normalized spacial score (nSPS) is 14.9. The summed E-state index contributed by atoms with van der Waals surface area (Å²) in [5, 5.41) is 5.65. The van der Waals surface area contributed by atoms with E-state index < -0.39 is 0 Å². The Morgan fingerprint density at radius 3 is 2.57 bits per heavy atom. The zero-order valence-corrected chi connectivity index (χ0v) is 16.2. The quantitative estimate of drug-likeness (QED) is 0.677. The van der Waals surface area contributed by atoms with Crippen molar-refractivity contribution in [2.75, 3.05) is 11.9 Å². The summed E-state index contributed by atoms with van der Waals surface area (Å²) in [6.07, 6.45) is 0.480. The lowest BCUT2D eigenvalue weighted by Crippen LogP contribution is -2.37. The van der Waals surface area contributed by atoms with Crippen LogP contribution in [0.1, 0.15) is 21.5 Å². The van der Waals surface area contributed by atoms with Crippen molar-refractivity contribution in [3.63, 3.8) is 0 Å². The first-order valence-electron chi connectivity index (χ1n) is 9.73. The number of hydrogen-bond donors (Lipinski definition) is 2. The summed E-state index contributed by atoms with van der Waals surface area (Å²) in [6.45, 7) is 0.383. The summed E-state index contributed by atoms with van der Waals surface area (Å²) in [5.74, 6) is -0.425. The molecular formula is C24H21FN2O3. The number of anilines is 1. The summed E-state index contributed by atoms with van der Waals surface area (Å²) >= 11 is 0. The number of fused-ring (bicyclic) bond motifs is 1. The van der Waals surface area contributed by atoms with Gasteiger partial charge in [-0.2, -0.15) is 0 Å². The van der Waals surface area contributed by atoms with Gasteiger partial charge >= 0.3 is 0 Å². The Bertz CT molecular complexity index is 1070. The van der Waals surface area contributed by atoms with Gasteiger partial charge in [-0.25, -0.2) is 4.39 Å². The van der Waals surface area contributed by atoms with Crippen LogP contribution in [0.4, 0.5) is 10.1 Å². The van der Waals surface area contributed by atoms with E-state index in [2.05, 4.69) is 10.6 Å². The third-order valence-electron chi connectivity index (χ3n) is 5.04. The maximum Gasteiger partial charge on any atom is 0.255 e. The molecule has 152 valence electrons. The Morgan fingerprint density at radius 2 is 1.77 bits per heavy atom. The molecule has 0 aromatic heterocycles. The van der Waals surface area contributed by atoms with Crippen LogP contribution in [0.3, 0.4) is 0 Å². The summed E-state index contributed by atoms with van der Waals surface area (Å²) in [5.41, 5.74) is 2.49. The van der Waals surface area contributed by atoms with Crippen LogP contribution in [0.15, 0.2) is 72.8 Å². The average Bonchev–Trinajstić information content (AvgIpc) is 2.78. The molecule has 30 heavy (non-hydrogen) atoms. The highest BCUT2D eigenvalue weighted by atomic mass is 19.1. The van der Waals surface area contributed by atoms with Crippen molar-refractivity contribution in [1.29, 1.82) is 0 Å². The van der Waals surface area contributed by atoms with Crippen LogP contribution in [0.2, 0.25) is 0 Å². The van der Waals surface area contributed by atoms with E-state index in [-0.39, 0.29) is 36.7 Å². The minimum Gasteiger partial charge on any atom is -0.492 e. The van der Waals surface area contributed by atoms with Crippen LogP contribution in [-0.2, 0) is 17.8 Å². The SMILES string of the molecule is O=C(Nc1ccc2c(c1)C[C@@H](C(=O)NCc1ccccc1F)CO2)c1ccccc1. The fourth-order valence-corrected chi connectivity index (χ4v) is 3.40. The highest BCUT2D eigenvalue weighted by Crippen LogP contribution is 2.30. The third kappa shape index (κ3) is 4.49. The first-order valence-corrected chi connectivity index (χ1v) is 9.73. The highest BCUT2D eigenvalue weighted by Gasteiger charge is 2.26. The molecule has 0 unspecified atom stereocenters. The van der Waals surface area contributed by atoms with E-state index in [4.69, 9.17) is 4.74 Å². The van der Waals surface area contributed by atoms with Crippen molar-refractivity contribution in [1.82, 2.24) is 5.32 Å². The fourth-order valence-electron chi connectivity index (χ4n) is 3.40. The lowest BCUT2D eigenvalue weighted by Gasteiger charge is -2.25. The maximum absolute atomic E-state index is 13.7. The van der Waals surface area contributed by atoms with Gasteiger partial charge in [0.2, 0.25) is 5.91 Å². The fraction of sp³-hybridized carbons (Fsp3) is 0.167. The summed E-state index contributed by atoms with van der Waals surface area (Å²) in [4.78, 5) is 24.9. The first-order chi connectivity index (χ1) is 14.6. The zero-order chi connectivity index (χ0) is 20.9. The van der Waals surface area contributed by atoms with Crippen LogP contribution < -0.4 is 15.4 Å². The van der Waals surface area contributed by atoms with Gasteiger partial charge in [0.05, 0.1) is 5.92 Å². The monoisotopic (exact) mass is 404 g/mol. The van der Waals surface area contributed by atoms with Crippen molar-refractivity contribution in [2.45, 2.75) is 13.0 Å². The molecule has 0 bridgehead atoms. The van der Waals surface area contributed by atoms with E-state index in [1.165, 1.54) is 6.07 Å². The molecule has 1 aliphatic heterocycles. The third-order valence-corrected chi connectivity index (χ3v) is 5.04. The largest absolute Gasteiger partial charge is 0.492 e. The minimum absolute atomic E-state index is 0.127. The van der Waals surface area contributed by atoms with Crippen LogP contribution >= 0.6 is 0 Å². The van der Waals surface area contributed by atoms with E-state index >= 15 is 0 Å². The van der Waals surface area contributed by atoms with E-state index in [9.17, 15) is 14.0 Å². The Kier molecular flexibility index (Phi) is 5.75. The second-order valence-electron chi connectivity index (χ2n) is 7.16. The lowest BCUT2D eigenvalue weighted by atomic mass is 9.95. The van der Waals surface area contributed by atoms with E-state index in [0.717, 1.165) is 5.56 Å². The van der Waals surface area contributed by atoms with Gasteiger partial charge in [0.15, 0.2) is 0 Å². The zero-order valence-electron chi connectivity index (χ0n) is 16.2. The lowest BCUT2D eigenvalue weighted by molar-refractivity contribution is -0.126. The highest BCUT2D eigenvalue weighted by molar-refractivity contribution is 6.04. The standard InChI is InChI=1S/C24H21FN2O3/c25-21-9-5-4-8-17(21)14-26-23(28)19-12-18-13-20(10-11-22(18)30-15-19)27-24(29)16-6-2-1-3-7-16/h1-11,13,19H,12,14-15H2,(H,26,28)(H,27,29)/t19-/m1/s1. The Balaban J connectivity index is 1.40. The van der Waals surface area contributed by atoms with Gasteiger partial charge in [0, 0.05) is 23.4 Å². The molecule has 4 rings (SSSR count). The van der Waals surface area contributed by atoms with Crippen LogP contribution in [0.25, 0.3) is 0 Å². The second-order valence-corrected chi connectivity index (χ2v) is 7.16. The molecule has 0 saturated heterocycles. The van der Waals surface area contributed by atoms with Gasteiger partial charge in [-0.3, -0.25) is 9.59 Å². The molecule has 1 aliphatic rings. The maximum atomic E-state index is 13.7. The summed E-state index contributed by atoms with van der Waals surface area (Å²) in [7, 11) is 0. The number of rotatable bonds is 5. The smallest absolute Gasteiger partial charge is 0.255 e. The van der Waals surface area contributed by atoms with Crippen molar-refractivity contribution in [3.05, 3.63) is 95.3 Å². The molecule has 0 spiro atoms. The summed E-state index contributed by atoms with van der Waals surface area (Å²) in [6, 6.07) is 20.7. The van der Waals surface area contributed by atoms with Crippen molar-refractivity contribution >= 4 is 17.5 Å². The van der Waals surface area contributed by atoms with E-state index in [1.807, 2.05) is 12.1 Å². The molecule has 3 aromatic rings. The predicted octanol–water partition coefficient (Wildman–Crippen LogP) is 3.95. The molecule has 2 N–H and O–H groups in total. The number of benzene rings is 3. The van der Waals surface area contributed by atoms with Crippen LogP contribution in [0, 0.1) is 11.7 Å². The minimum atomic E-state index is -0.385. The average molecular weight is 404 g/mol. The Hall–Kier alpha value is -3.67. The van der Waals surface area contributed by atoms with Gasteiger partial charge in [-0.05, 0) is 48.4 Å². The molecule has 0 fully saturated rings. The number of hydrogen-bond acceptors (Lipinski definition) is 3. The molecule has 3 aromatic carbocycles. The van der Waals surface area contributed by atoms with Crippen molar-refractivity contribution < 1.29 is 18.7 Å². The van der Waals surface area contributed by atoms with E-state index in [0.29, 0.717) is 29.0 Å². The number of halogens is 1. The number of amides is 2. The Labute approximate surface area is 173 Å². The second kappa shape index (κ2) is 8.78. The van der Waals surface area contributed by atoms with Crippen LogP contribution in [0.5, 0.6) is 5.75 Å². The molecule has 1 heterocycles. The molecular weight excluding hydrogens is 383 g/mol. The molecule has 2 amide bonds. The number of carbonyl (C=O) groups excluding carboxylic acids is 2. The van der Waals surface area contributed by atoms with Crippen molar-refractivity contribution in [2.24, 2.45) is 5.92 Å². The van der Waals surface area contributed by atoms with Crippen LogP contribution in [-0.4, -0.2) is 18.4 Å². The van der Waals surface area contributed by atoms with Gasteiger partial charge in [-0.15, -0.1) is 0 Å². The topological polar surface area (TPSA) is 67.4 Å². The number of carbonyl (C=O) groups is 2. The van der Waals surface area contributed by atoms with Gasteiger partial charge in [0.25, 0.3) is 5.91 Å². The summed E-state index contributed by atoms with van der Waals surface area (Å²) < 4.78 is 19.5. The molecule has 0 radical (unpaired) electrons. The van der Waals surface area contributed by atoms with Crippen molar-refractivity contribution in [3.8, 4) is 5.75 Å². The predicted molar refractivity (Wildman–Crippen MR) is 112 cm³/mol. The first kappa shape index (κ1) is 19.6. The molecule has 0 saturated carbocycles. The van der Waals surface area contributed by atoms with Gasteiger partial charge in [-0.1, -0.05) is 36.4 Å². The number of nitrogens with one attached hydrogen (secondary N) is 2. The van der Waals surface area contributed by atoms with Gasteiger partial charge in [0.1, 0.15) is 18.2 Å². The molecule has 5 nitrogen and oxygen atoms in total. The molecule has 6 heteroatoms. The van der Waals surface area contributed by atoms with E-state index in [1.54, 1.807) is 54.6 Å². The number of ether oxygens (including phenoxy) is 1.